The van der Waals surface area contributed by atoms with E-state index < -0.39 is 9.84 Å². The van der Waals surface area contributed by atoms with Gasteiger partial charge in [-0.05, 0) is 42.3 Å². The van der Waals surface area contributed by atoms with Crippen LogP contribution in [0.4, 0.5) is 5.69 Å². The van der Waals surface area contributed by atoms with Crippen LogP contribution >= 0.6 is 0 Å². The van der Waals surface area contributed by atoms with Crippen molar-refractivity contribution in [1.82, 2.24) is 0 Å². The Bertz CT molecular complexity index is 1220. The van der Waals surface area contributed by atoms with E-state index in [1.165, 1.54) is 0 Å². The largest absolute Gasteiger partial charge is 0.378 e. The fraction of sp³-hybridized carbons (Fsp3) is 0.143. The van der Waals surface area contributed by atoms with Gasteiger partial charge in [-0.25, -0.2) is 8.42 Å². The van der Waals surface area contributed by atoms with Crippen LogP contribution in [0.25, 0.3) is 0 Å². The zero-order valence-corrected chi connectivity index (χ0v) is 18.9. The SMILES string of the molecule is Cc1ccc(S(=O)(=O)CC(c2ccccc2)[C@@H](Nc2ccccc2)c2ccccc2)cc1. The molecule has 162 valence electrons. The first-order chi connectivity index (χ1) is 15.5. The van der Waals surface area contributed by atoms with Gasteiger partial charge < -0.3 is 5.32 Å². The number of sulfone groups is 1. The summed E-state index contributed by atoms with van der Waals surface area (Å²) in [6.07, 6.45) is 0. The predicted molar refractivity (Wildman–Crippen MR) is 132 cm³/mol. The third-order valence-electron chi connectivity index (χ3n) is 5.66. The number of hydrogen-bond donors (Lipinski definition) is 1. The molecular weight excluding hydrogens is 414 g/mol. The zero-order valence-electron chi connectivity index (χ0n) is 18.1. The molecule has 1 unspecified atom stereocenters. The van der Waals surface area contributed by atoms with Crippen LogP contribution in [0.1, 0.15) is 28.7 Å². The van der Waals surface area contributed by atoms with Crippen molar-refractivity contribution in [3.05, 3.63) is 132 Å². The number of nitrogens with one attached hydrogen (secondary N) is 1. The van der Waals surface area contributed by atoms with Crippen LogP contribution in [0, 0.1) is 6.92 Å². The quantitative estimate of drug-likeness (QED) is 0.344. The molecule has 32 heavy (non-hydrogen) atoms. The summed E-state index contributed by atoms with van der Waals surface area (Å²) in [5, 5.41) is 3.61. The summed E-state index contributed by atoms with van der Waals surface area (Å²) in [5.41, 5.74) is 4.02. The van der Waals surface area contributed by atoms with Crippen molar-refractivity contribution in [2.24, 2.45) is 0 Å². The molecule has 0 radical (unpaired) electrons. The number of anilines is 1. The molecule has 4 rings (SSSR count). The first-order valence-corrected chi connectivity index (χ1v) is 12.4. The van der Waals surface area contributed by atoms with Crippen molar-refractivity contribution < 1.29 is 8.42 Å². The molecule has 0 saturated heterocycles. The van der Waals surface area contributed by atoms with Crippen LogP contribution in [0.15, 0.2) is 120 Å². The van der Waals surface area contributed by atoms with E-state index in [9.17, 15) is 8.42 Å². The van der Waals surface area contributed by atoms with Gasteiger partial charge >= 0.3 is 0 Å². The minimum atomic E-state index is -3.51. The summed E-state index contributed by atoms with van der Waals surface area (Å²) in [5.74, 6) is -0.287. The highest BCUT2D eigenvalue weighted by molar-refractivity contribution is 7.91. The van der Waals surface area contributed by atoms with Crippen molar-refractivity contribution in [3.8, 4) is 0 Å². The van der Waals surface area contributed by atoms with Crippen LogP contribution in [0.5, 0.6) is 0 Å². The van der Waals surface area contributed by atoms with Gasteiger partial charge in [-0.15, -0.1) is 0 Å². The van der Waals surface area contributed by atoms with Crippen LogP contribution in [-0.4, -0.2) is 14.2 Å². The van der Waals surface area contributed by atoms with Gasteiger partial charge in [0.1, 0.15) is 0 Å². The van der Waals surface area contributed by atoms with Gasteiger partial charge in [-0.2, -0.15) is 0 Å². The summed E-state index contributed by atoms with van der Waals surface area (Å²) in [6.45, 7) is 1.96. The average Bonchev–Trinajstić information content (AvgIpc) is 2.83. The van der Waals surface area contributed by atoms with Crippen molar-refractivity contribution in [2.45, 2.75) is 23.8 Å². The van der Waals surface area contributed by atoms with Crippen LogP contribution in [-0.2, 0) is 9.84 Å². The molecule has 0 aliphatic rings. The van der Waals surface area contributed by atoms with E-state index in [-0.39, 0.29) is 17.7 Å². The fourth-order valence-corrected chi connectivity index (χ4v) is 5.55. The van der Waals surface area contributed by atoms with E-state index in [1.54, 1.807) is 12.1 Å². The van der Waals surface area contributed by atoms with Gasteiger partial charge in [0.15, 0.2) is 9.84 Å². The maximum absolute atomic E-state index is 13.5. The number of benzene rings is 4. The lowest BCUT2D eigenvalue weighted by atomic mass is 9.88. The minimum Gasteiger partial charge on any atom is -0.378 e. The van der Waals surface area contributed by atoms with E-state index >= 15 is 0 Å². The second kappa shape index (κ2) is 9.84. The third kappa shape index (κ3) is 5.27. The van der Waals surface area contributed by atoms with Gasteiger partial charge in [-0.3, -0.25) is 0 Å². The second-order valence-electron chi connectivity index (χ2n) is 8.01. The smallest absolute Gasteiger partial charge is 0.179 e. The Balaban J connectivity index is 1.78. The van der Waals surface area contributed by atoms with Crippen LogP contribution in [0.2, 0.25) is 0 Å². The number of hydrogen-bond acceptors (Lipinski definition) is 3. The van der Waals surface area contributed by atoms with Gasteiger partial charge in [0.05, 0.1) is 16.7 Å². The Morgan fingerprint density at radius 2 is 1.16 bits per heavy atom. The van der Waals surface area contributed by atoms with E-state index in [1.807, 2.05) is 97.9 Å². The zero-order chi connectivity index (χ0) is 22.4. The molecule has 0 bridgehead atoms. The molecule has 0 aliphatic carbocycles. The molecule has 1 N–H and O–H groups in total. The Morgan fingerprint density at radius 3 is 1.72 bits per heavy atom. The lowest BCUT2D eigenvalue weighted by Crippen LogP contribution is -2.26. The Morgan fingerprint density at radius 1 is 0.656 bits per heavy atom. The maximum atomic E-state index is 13.5. The van der Waals surface area contributed by atoms with Gasteiger partial charge in [0.2, 0.25) is 0 Å². The van der Waals surface area contributed by atoms with Crippen molar-refractivity contribution in [2.75, 3.05) is 11.1 Å². The van der Waals surface area contributed by atoms with Gasteiger partial charge in [0, 0.05) is 11.6 Å². The number of para-hydroxylation sites is 1. The first kappa shape index (κ1) is 21.8. The molecule has 0 heterocycles. The van der Waals surface area contributed by atoms with Gasteiger partial charge in [-0.1, -0.05) is 96.6 Å². The van der Waals surface area contributed by atoms with Crippen molar-refractivity contribution in [1.29, 1.82) is 0 Å². The first-order valence-electron chi connectivity index (χ1n) is 10.7. The van der Waals surface area contributed by atoms with Gasteiger partial charge in [0.25, 0.3) is 0 Å². The molecule has 0 aliphatic heterocycles. The van der Waals surface area contributed by atoms with Crippen LogP contribution < -0.4 is 5.32 Å². The summed E-state index contributed by atoms with van der Waals surface area (Å²) in [6, 6.07) is 36.8. The predicted octanol–water partition coefficient (Wildman–Crippen LogP) is 6.41. The van der Waals surface area contributed by atoms with E-state index in [0.29, 0.717) is 4.90 Å². The lowest BCUT2D eigenvalue weighted by Gasteiger charge is -2.30. The average molecular weight is 442 g/mol. The highest BCUT2D eigenvalue weighted by atomic mass is 32.2. The molecule has 4 aromatic rings. The van der Waals surface area contributed by atoms with Crippen molar-refractivity contribution in [3.63, 3.8) is 0 Å². The summed E-state index contributed by atoms with van der Waals surface area (Å²) in [4.78, 5) is 0.357. The molecule has 0 saturated carbocycles. The molecule has 0 aromatic heterocycles. The molecular formula is C28H27NO2S. The number of aryl methyl sites for hydroxylation is 1. The summed E-state index contributed by atoms with van der Waals surface area (Å²) < 4.78 is 27.0. The molecule has 4 heteroatoms. The maximum Gasteiger partial charge on any atom is 0.179 e. The van der Waals surface area contributed by atoms with Crippen molar-refractivity contribution >= 4 is 15.5 Å². The Kier molecular flexibility index (Phi) is 6.72. The fourth-order valence-electron chi connectivity index (χ4n) is 3.95. The topological polar surface area (TPSA) is 46.2 Å². The monoisotopic (exact) mass is 441 g/mol. The Hall–Kier alpha value is -3.37. The summed E-state index contributed by atoms with van der Waals surface area (Å²) >= 11 is 0. The summed E-state index contributed by atoms with van der Waals surface area (Å²) in [7, 11) is -3.51. The van der Waals surface area contributed by atoms with E-state index in [2.05, 4.69) is 17.4 Å². The van der Waals surface area contributed by atoms with E-state index in [4.69, 9.17) is 0 Å². The highest BCUT2D eigenvalue weighted by Crippen LogP contribution is 2.36. The third-order valence-corrected chi connectivity index (χ3v) is 7.45. The Labute approximate surface area is 190 Å². The molecule has 4 aromatic carbocycles. The lowest BCUT2D eigenvalue weighted by molar-refractivity contribution is 0.572. The molecule has 2 atom stereocenters. The molecule has 0 fully saturated rings. The highest BCUT2D eigenvalue weighted by Gasteiger charge is 2.30. The molecule has 0 amide bonds. The molecule has 0 spiro atoms. The standard InChI is InChI=1S/C28H27NO2S/c1-22-17-19-26(20-18-22)32(30,31)21-27(23-11-5-2-6-12-23)28(24-13-7-3-8-14-24)29-25-15-9-4-10-16-25/h2-20,27-29H,21H2,1H3/t27?,28-/m0/s1. The van der Waals surface area contributed by atoms with E-state index in [0.717, 1.165) is 22.4 Å². The van der Waals surface area contributed by atoms with Crippen LogP contribution in [0.3, 0.4) is 0 Å². The normalized spacial score (nSPS) is 13.3. The minimum absolute atomic E-state index is 0.000527. The second-order valence-corrected chi connectivity index (χ2v) is 10.0. The molecule has 3 nitrogen and oxygen atoms in total. The number of rotatable bonds is 8.